The van der Waals surface area contributed by atoms with Crippen LogP contribution in [0.4, 0.5) is 0 Å². The summed E-state index contributed by atoms with van der Waals surface area (Å²) in [5.41, 5.74) is 0. The predicted octanol–water partition coefficient (Wildman–Crippen LogP) is 2.22. The Morgan fingerprint density at radius 1 is 1.05 bits per heavy atom. The highest BCUT2D eigenvalue weighted by Gasteiger charge is 2.28. The van der Waals surface area contributed by atoms with E-state index in [2.05, 4.69) is 0 Å². The number of hydrogen-bond donors (Lipinski definition) is 0. The Morgan fingerprint density at radius 3 is 2.26 bits per heavy atom. The molecular formula is C14H24O5. The molecule has 1 fully saturated rings. The highest BCUT2D eigenvalue weighted by atomic mass is 16.6. The summed E-state index contributed by atoms with van der Waals surface area (Å²) in [6.07, 6.45) is 4.47. The van der Waals surface area contributed by atoms with E-state index in [-0.39, 0.29) is 19.1 Å². The normalized spacial score (nSPS) is 17.8. The predicted molar refractivity (Wildman–Crippen MR) is 69.6 cm³/mol. The molecule has 1 aliphatic rings. The molecule has 0 aromatic rings. The Morgan fingerprint density at radius 2 is 1.68 bits per heavy atom. The zero-order valence-corrected chi connectivity index (χ0v) is 11.9. The van der Waals surface area contributed by atoms with Crippen molar-refractivity contribution in [3.63, 3.8) is 0 Å². The molecule has 0 aromatic carbocycles. The molecule has 19 heavy (non-hydrogen) atoms. The fourth-order valence-electron chi connectivity index (χ4n) is 2.23. The molecule has 0 heterocycles. The van der Waals surface area contributed by atoms with E-state index in [9.17, 15) is 9.59 Å². The topological polar surface area (TPSA) is 61.8 Å². The lowest BCUT2D eigenvalue weighted by molar-refractivity contribution is -0.168. The molecule has 0 aliphatic heterocycles. The van der Waals surface area contributed by atoms with E-state index >= 15 is 0 Å². The van der Waals surface area contributed by atoms with E-state index < -0.39 is 18.0 Å². The average Bonchev–Trinajstić information content (AvgIpc) is 2.40. The molecule has 0 spiro atoms. The van der Waals surface area contributed by atoms with Gasteiger partial charge >= 0.3 is 11.9 Å². The second kappa shape index (κ2) is 8.91. The fraction of sp³-hybridized carbons (Fsp3) is 0.857. The van der Waals surface area contributed by atoms with Crippen LogP contribution in [0.1, 0.15) is 52.4 Å². The molecule has 0 N–H and O–H groups in total. The summed E-state index contributed by atoms with van der Waals surface area (Å²) < 4.78 is 15.6. The van der Waals surface area contributed by atoms with Gasteiger partial charge < -0.3 is 14.2 Å². The van der Waals surface area contributed by atoms with Crippen LogP contribution in [0.2, 0.25) is 0 Å². The first-order valence-corrected chi connectivity index (χ1v) is 7.15. The van der Waals surface area contributed by atoms with Crippen molar-refractivity contribution in [2.45, 2.75) is 64.6 Å². The monoisotopic (exact) mass is 272 g/mol. The number of carbonyl (C=O) groups is 2. The van der Waals surface area contributed by atoms with E-state index in [0.717, 1.165) is 25.7 Å². The van der Waals surface area contributed by atoms with Crippen LogP contribution in [0.5, 0.6) is 0 Å². The molecule has 5 nitrogen and oxygen atoms in total. The van der Waals surface area contributed by atoms with Gasteiger partial charge in [-0.05, 0) is 26.7 Å². The Labute approximate surface area is 114 Å². The standard InChI is InChI=1S/C14H24O5/c1-3-17-13(15)10-12(14(16)18-4-2)19-11-8-6-5-7-9-11/h11-12H,3-10H2,1-2H3. The second-order valence-corrected chi connectivity index (χ2v) is 4.65. The molecule has 0 aromatic heterocycles. The lowest BCUT2D eigenvalue weighted by atomic mass is 9.97. The summed E-state index contributed by atoms with van der Waals surface area (Å²) in [5.74, 6) is -0.891. The van der Waals surface area contributed by atoms with Gasteiger partial charge in [0.1, 0.15) is 0 Å². The lowest BCUT2D eigenvalue weighted by Gasteiger charge is -2.26. The second-order valence-electron chi connectivity index (χ2n) is 4.65. The molecule has 1 unspecified atom stereocenters. The number of esters is 2. The molecule has 0 radical (unpaired) electrons. The minimum absolute atomic E-state index is 0.0533. The van der Waals surface area contributed by atoms with Gasteiger partial charge in [-0.15, -0.1) is 0 Å². The number of rotatable bonds is 7. The summed E-state index contributed by atoms with van der Waals surface area (Å²) >= 11 is 0. The summed E-state index contributed by atoms with van der Waals surface area (Å²) in [4.78, 5) is 23.3. The van der Waals surface area contributed by atoms with Crippen molar-refractivity contribution in [1.82, 2.24) is 0 Å². The molecule has 1 rings (SSSR count). The minimum Gasteiger partial charge on any atom is -0.466 e. The molecule has 5 heteroatoms. The van der Waals surface area contributed by atoms with Gasteiger partial charge in [0.2, 0.25) is 0 Å². The number of hydrogen-bond acceptors (Lipinski definition) is 5. The number of carbonyl (C=O) groups excluding carboxylic acids is 2. The van der Waals surface area contributed by atoms with Crippen molar-refractivity contribution in [2.24, 2.45) is 0 Å². The van der Waals surface area contributed by atoms with Gasteiger partial charge in [0.15, 0.2) is 6.10 Å². The fourth-order valence-corrected chi connectivity index (χ4v) is 2.23. The summed E-state index contributed by atoms with van der Waals surface area (Å²) in [5, 5.41) is 0. The van der Waals surface area contributed by atoms with Gasteiger partial charge in [-0.3, -0.25) is 4.79 Å². The van der Waals surface area contributed by atoms with Crippen LogP contribution < -0.4 is 0 Å². The molecule has 0 saturated heterocycles. The maximum Gasteiger partial charge on any atom is 0.335 e. The molecule has 0 bridgehead atoms. The van der Waals surface area contributed by atoms with Crippen LogP contribution in [-0.4, -0.2) is 37.4 Å². The van der Waals surface area contributed by atoms with Gasteiger partial charge in [-0.1, -0.05) is 19.3 Å². The van der Waals surface area contributed by atoms with E-state index in [4.69, 9.17) is 14.2 Å². The molecule has 110 valence electrons. The Kier molecular flexibility index (Phi) is 7.48. The molecule has 0 amide bonds. The highest BCUT2D eigenvalue weighted by Crippen LogP contribution is 2.22. The lowest BCUT2D eigenvalue weighted by Crippen LogP contribution is -2.34. The van der Waals surface area contributed by atoms with E-state index in [1.807, 2.05) is 0 Å². The largest absolute Gasteiger partial charge is 0.466 e. The highest BCUT2D eigenvalue weighted by molar-refractivity contribution is 5.81. The SMILES string of the molecule is CCOC(=O)CC(OC1CCCCC1)C(=O)OCC. The average molecular weight is 272 g/mol. The quantitative estimate of drug-likeness (QED) is 0.665. The van der Waals surface area contributed by atoms with Crippen LogP contribution in [0.25, 0.3) is 0 Å². The van der Waals surface area contributed by atoms with E-state index in [1.165, 1.54) is 6.42 Å². The van der Waals surface area contributed by atoms with Crippen molar-refractivity contribution >= 4 is 11.9 Å². The maximum absolute atomic E-state index is 11.8. The third-order valence-electron chi connectivity index (χ3n) is 3.12. The first kappa shape index (κ1) is 16.0. The van der Waals surface area contributed by atoms with Crippen molar-refractivity contribution in [3.05, 3.63) is 0 Å². The molecular weight excluding hydrogens is 248 g/mol. The zero-order valence-electron chi connectivity index (χ0n) is 11.9. The van der Waals surface area contributed by atoms with Gasteiger partial charge in [0.25, 0.3) is 0 Å². The van der Waals surface area contributed by atoms with Crippen molar-refractivity contribution in [3.8, 4) is 0 Å². The van der Waals surface area contributed by atoms with Gasteiger partial charge in [0.05, 0.1) is 25.7 Å². The Bertz CT molecular complexity index is 284. The third-order valence-corrected chi connectivity index (χ3v) is 3.12. The Balaban J connectivity index is 2.52. The van der Waals surface area contributed by atoms with E-state index in [1.54, 1.807) is 13.8 Å². The van der Waals surface area contributed by atoms with E-state index in [0.29, 0.717) is 6.61 Å². The summed E-state index contributed by atoms with van der Waals surface area (Å²) in [6, 6.07) is 0. The van der Waals surface area contributed by atoms with Gasteiger partial charge in [-0.25, -0.2) is 4.79 Å². The smallest absolute Gasteiger partial charge is 0.335 e. The Hall–Kier alpha value is -1.10. The first-order chi connectivity index (χ1) is 9.17. The van der Waals surface area contributed by atoms with Crippen molar-refractivity contribution in [1.29, 1.82) is 0 Å². The summed E-state index contributed by atoms with van der Waals surface area (Å²) in [7, 11) is 0. The summed E-state index contributed by atoms with van der Waals surface area (Å²) in [6.45, 7) is 4.06. The van der Waals surface area contributed by atoms with Crippen LogP contribution in [0.3, 0.4) is 0 Å². The number of ether oxygens (including phenoxy) is 3. The first-order valence-electron chi connectivity index (χ1n) is 7.15. The maximum atomic E-state index is 11.8. The van der Waals surface area contributed by atoms with Crippen molar-refractivity contribution in [2.75, 3.05) is 13.2 Å². The van der Waals surface area contributed by atoms with Crippen LogP contribution >= 0.6 is 0 Å². The zero-order chi connectivity index (χ0) is 14.1. The van der Waals surface area contributed by atoms with Gasteiger partial charge in [0, 0.05) is 0 Å². The van der Waals surface area contributed by atoms with Crippen molar-refractivity contribution < 1.29 is 23.8 Å². The third kappa shape index (κ3) is 6.05. The van der Waals surface area contributed by atoms with Gasteiger partial charge in [-0.2, -0.15) is 0 Å². The van der Waals surface area contributed by atoms with Crippen LogP contribution in [0, 0.1) is 0 Å². The molecule has 1 saturated carbocycles. The van der Waals surface area contributed by atoms with Crippen LogP contribution in [-0.2, 0) is 23.8 Å². The van der Waals surface area contributed by atoms with Crippen LogP contribution in [0.15, 0.2) is 0 Å². The molecule has 1 aliphatic carbocycles. The minimum atomic E-state index is -0.831. The molecule has 1 atom stereocenters.